The average molecular weight is 533 g/mol. The summed E-state index contributed by atoms with van der Waals surface area (Å²) in [5.41, 5.74) is 0.925. The number of likely N-dealkylation sites (tertiary alicyclic amines) is 1. The summed E-state index contributed by atoms with van der Waals surface area (Å²) in [5.74, 6) is 0.998. The maximum Gasteiger partial charge on any atom is 0.245 e. The summed E-state index contributed by atoms with van der Waals surface area (Å²) < 4.78 is 12.8. The van der Waals surface area contributed by atoms with Gasteiger partial charge in [-0.15, -0.1) is 0 Å². The lowest BCUT2D eigenvalue weighted by Gasteiger charge is -2.28. The van der Waals surface area contributed by atoms with E-state index in [9.17, 15) is 14.4 Å². The van der Waals surface area contributed by atoms with E-state index in [0.29, 0.717) is 34.8 Å². The zero-order valence-electron chi connectivity index (χ0n) is 22.1. The molecule has 6 rings (SSSR count). The van der Waals surface area contributed by atoms with E-state index in [1.165, 1.54) is 6.92 Å². The van der Waals surface area contributed by atoms with Crippen molar-refractivity contribution in [2.75, 3.05) is 7.11 Å². The Morgan fingerprint density at radius 1 is 1.10 bits per heavy atom. The number of hydrogen-bond acceptors (Lipinski definition) is 8. The molecule has 2 aromatic heterocycles. The van der Waals surface area contributed by atoms with Gasteiger partial charge in [-0.25, -0.2) is 9.97 Å². The average Bonchev–Trinajstić information content (AvgIpc) is 3.26. The van der Waals surface area contributed by atoms with Gasteiger partial charge in [0, 0.05) is 43.9 Å². The number of rotatable bonds is 9. The number of Topliss-reactive ketones (excluding diaryl/α,β-unsaturated/α-hetero) is 1. The summed E-state index contributed by atoms with van der Waals surface area (Å²) in [6.45, 7) is 1.58. The first kappa shape index (κ1) is 25.4. The third-order valence-corrected chi connectivity index (χ3v) is 8.09. The van der Waals surface area contributed by atoms with Crippen molar-refractivity contribution >= 4 is 28.5 Å². The molecule has 11 nitrogen and oxygen atoms in total. The van der Waals surface area contributed by atoms with Crippen LogP contribution in [0.25, 0.3) is 10.9 Å². The smallest absolute Gasteiger partial charge is 0.245 e. The van der Waals surface area contributed by atoms with Crippen molar-refractivity contribution in [2.45, 2.75) is 76.4 Å². The second kappa shape index (κ2) is 10.4. The van der Waals surface area contributed by atoms with Crippen LogP contribution < -0.4 is 10.1 Å². The van der Waals surface area contributed by atoms with Gasteiger partial charge < -0.3 is 19.7 Å². The second-order valence-electron chi connectivity index (χ2n) is 10.7. The number of benzene rings is 1. The van der Waals surface area contributed by atoms with Crippen molar-refractivity contribution in [3.63, 3.8) is 0 Å². The first-order chi connectivity index (χ1) is 18.9. The molecule has 3 aromatic rings. The third-order valence-electron chi connectivity index (χ3n) is 8.09. The molecule has 1 saturated heterocycles. The number of ketones is 1. The molecule has 5 atom stereocenters. The van der Waals surface area contributed by atoms with Crippen LogP contribution in [0.3, 0.4) is 0 Å². The van der Waals surface area contributed by atoms with Crippen LogP contribution in [0, 0.1) is 5.92 Å². The van der Waals surface area contributed by atoms with Gasteiger partial charge in [-0.1, -0.05) is 0 Å². The Kier molecular flexibility index (Phi) is 6.76. The summed E-state index contributed by atoms with van der Waals surface area (Å²) in [5, 5.41) is 8.25. The summed E-state index contributed by atoms with van der Waals surface area (Å²) in [6, 6.07) is 6.75. The molecule has 2 aliphatic carbocycles. The third kappa shape index (κ3) is 5.10. The van der Waals surface area contributed by atoms with E-state index in [-0.39, 0.29) is 54.6 Å². The van der Waals surface area contributed by atoms with Crippen LogP contribution in [0.2, 0.25) is 0 Å². The second-order valence-corrected chi connectivity index (χ2v) is 10.7. The Labute approximate surface area is 225 Å². The van der Waals surface area contributed by atoms with Crippen molar-refractivity contribution in [2.24, 2.45) is 5.92 Å². The Bertz CT molecular complexity index is 1410. The molecular weight excluding hydrogens is 500 g/mol. The van der Waals surface area contributed by atoms with Gasteiger partial charge in [-0.3, -0.25) is 19.1 Å². The highest BCUT2D eigenvalue weighted by molar-refractivity contribution is 6.05. The molecule has 3 fully saturated rings. The maximum absolute atomic E-state index is 13.6. The van der Waals surface area contributed by atoms with Crippen molar-refractivity contribution < 1.29 is 23.9 Å². The molecule has 1 aromatic carbocycles. The lowest BCUT2D eigenvalue weighted by Crippen LogP contribution is -2.50. The van der Waals surface area contributed by atoms with Gasteiger partial charge in [0.2, 0.25) is 11.8 Å². The number of nitrogens with zero attached hydrogens (tertiary/aromatic N) is 5. The van der Waals surface area contributed by atoms with E-state index in [0.717, 1.165) is 25.7 Å². The molecule has 0 unspecified atom stereocenters. The number of aromatic nitrogens is 4. The minimum Gasteiger partial charge on any atom is -0.486 e. The van der Waals surface area contributed by atoms with Crippen LogP contribution in [0.1, 0.15) is 55.3 Å². The van der Waals surface area contributed by atoms with Gasteiger partial charge >= 0.3 is 0 Å². The molecule has 2 saturated carbocycles. The monoisotopic (exact) mass is 532 g/mol. The summed E-state index contributed by atoms with van der Waals surface area (Å²) in [4.78, 5) is 49.3. The summed E-state index contributed by atoms with van der Waals surface area (Å²) in [6.07, 6.45) is 7.69. The number of hydrogen-bond donors (Lipinski definition) is 1. The quantitative estimate of drug-likeness (QED) is 0.416. The predicted molar refractivity (Wildman–Crippen MR) is 140 cm³/mol. The van der Waals surface area contributed by atoms with Crippen LogP contribution in [0.15, 0.2) is 36.7 Å². The Hall–Kier alpha value is -3.86. The minimum absolute atomic E-state index is 0.0516. The number of fused-ring (bicyclic) bond motifs is 2. The number of amides is 2. The standard InChI is InChI=1S/C28H32N6O5/c1-16(35)27-21-13-20(39-15-25-29-8-3-9-30-25)6-7-22(21)33(32-27)14-26(36)34-23-10-17(23)11-24(34)28(37)31-18-4-5-19(12-18)38-2/h3,6-9,13,17-19,23-24H,4-5,10-12,14-15H2,1-2H3,(H,31,37)/t17-,18-,19-,23-,24+/m1/s1. The predicted octanol–water partition coefficient (Wildman–Crippen LogP) is 2.28. The summed E-state index contributed by atoms with van der Waals surface area (Å²) >= 11 is 0. The zero-order chi connectivity index (χ0) is 27.1. The highest BCUT2D eigenvalue weighted by Crippen LogP contribution is 2.48. The molecule has 1 N–H and O–H groups in total. The lowest BCUT2D eigenvalue weighted by molar-refractivity contribution is -0.140. The molecule has 204 valence electrons. The first-order valence-corrected chi connectivity index (χ1v) is 13.5. The van der Waals surface area contributed by atoms with Gasteiger partial charge in [0.25, 0.3) is 0 Å². The molecule has 2 amide bonds. The van der Waals surface area contributed by atoms with Crippen LogP contribution in [0.4, 0.5) is 0 Å². The van der Waals surface area contributed by atoms with Crippen molar-refractivity contribution in [3.05, 3.63) is 48.2 Å². The van der Waals surface area contributed by atoms with E-state index in [1.54, 1.807) is 53.4 Å². The number of nitrogens with one attached hydrogen (secondary N) is 1. The number of methoxy groups -OCH3 is 1. The highest BCUT2D eigenvalue weighted by atomic mass is 16.5. The van der Waals surface area contributed by atoms with E-state index < -0.39 is 6.04 Å². The number of carbonyl (C=O) groups excluding carboxylic acids is 3. The van der Waals surface area contributed by atoms with Gasteiger partial charge in [0.1, 0.15) is 30.6 Å². The molecule has 1 aliphatic heterocycles. The molecular formula is C28H32N6O5. The van der Waals surface area contributed by atoms with Crippen LogP contribution >= 0.6 is 0 Å². The molecule has 0 radical (unpaired) electrons. The van der Waals surface area contributed by atoms with Crippen molar-refractivity contribution in [1.29, 1.82) is 0 Å². The van der Waals surface area contributed by atoms with E-state index in [1.807, 2.05) is 0 Å². The van der Waals surface area contributed by atoms with Crippen molar-refractivity contribution in [1.82, 2.24) is 30.0 Å². The van der Waals surface area contributed by atoms with Crippen LogP contribution in [0.5, 0.6) is 5.75 Å². The number of piperidine rings is 1. The molecule has 39 heavy (non-hydrogen) atoms. The van der Waals surface area contributed by atoms with Gasteiger partial charge in [-0.05, 0) is 62.3 Å². The molecule has 0 spiro atoms. The fourth-order valence-corrected chi connectivity index (χ4v) is 6.02. The SMILES string of the molecule is CO[C@@H]1CC[C@@H](NC(=O)[C@@H]2C[C@H]3C[C@H]3N2C(=O)Cn2nc(C(C)=O)c3cc(OCc4ncccn4)ccc32)C1. The van der Waals surface area contributed by atoms with Crippen LogP contribution in [-0.4, -0.2) is 73.6 Å². The maximum atomic E-state index is 13.6. The normalized spacial score (nSPS) is 25.5. The molecule has 3 aliphatic rings. The largest absolute Gasteiger partial charge is 0.486 e. The zero-order valence-corrected chi connectivity index (χ0v) is 22.1. The van der Waals surface area contributed by atoms with E-state index in [2.05, 4.69) is 20.4 Å². The Balaban J connectivity index is 1.18. The fourth-order valence-electron chi connectivity index (χ4n) is 6.02. The molecule has 3 heterocycles. The molecule has 0 bridgehead atoms. The fraction of sp³-hybridized carbons (Fsp3) is 0.500. The van der Waals surface area contributed by atoms with Gasteiger partial charge in [-0.2, -0.15) is 5.10 Å². The Morgan fingerprint density at radius 3 is 2.67 bits per heavy atom. The summed E-state index contributed by atoms with van der Waals surface area (Å²) in [7, 11) is 1.70. The number of carbonyl (C=O) groups is 3. The topological polar surface area (TPSA) is 129 Å². The first-order valence-electron chi connectivity index (χ1n) is 13.5. The lowest BCUT2D eigenvalue weighted by atomic mass is 10.1. The van der Waals surface area contributed by atoms with Gasteiger partial charge in [0.15, 0.2) is 11.6 Å². The van der Waals surface area contributed by atoms with Crippen LogP contribution in [-0.2, 0) is 27.5 Å². The van der Waals surface area contributed by atoms with Gasteiger partial charge in [0.05, 0.1) is 11.6 Å². The minimum atomic E-state index is -0.475. The number of ether oxygens (including phenoxy) is 2. The van der Waals surface area contributed by atoms with Crippen molar-refractivity contribution in [3.8, 4) is 5.75 Å². The van der Waals surface area contributed by atoms with E-state index in [4.69, 9.17) is 9.47 Å². The molecule has 11 heteroatoms. The Morgan fingerprint density at radius 2 is 1.92 bits per heavy atom. The van der Waals surface area contributed by atoms with E-state index >= 15 is 0 Å². The highest BCUT2D eigenvalue weighted by Gasteiger charge is 2.56.